The third-order valence-electron chi connectivity index (χ3n) is 4.53. The lowest BCUT2D eigenvalue weighted by atomic mass is 9.91. The molecule has 1 saturated heterocycles. The maximum atomic E-state index is 12.9. The summed E-state index contributed by atoms with van der Waals surface area (Å²) in [6.07, 6.45) is 2.71. The van der Waals surface area contributed by atoms with Crippen molar-refractivity contribution >= 4 is 21.8 Å². The minimum absolute atomic E-state index is 0.121. The second kappa shape index (κ2) is 7.88. The van der Waals surface area contributed by atoms with Crippen molar-refractivity contribution in [1.82, 2.24) is 4.31 Å². The van der Waals surface area contributed by atoms with E-state index in [1.165, 1.54) is 16.4 Å². The Balaban J connectivity index is 2.21. The molecule has 1 aliphatic rings. The zero-order chi connectivity index (χ0) is 19.5. The van der Waals surface area contributed by atoms with Crippen molar-refractivity contribution in [2.75, 3.05) is 19.7 Å². The Kier molecular flexibility index (Phi) is 6.24. The van der Waals surface area contributed by atoms with Gasteiger partial charge in [-0.25, -0.2) is 13.2 Å². The van der Waals surface area contributed by atoms with Crippen molar-refractivity contribution in [2.24, 2.45) is 5.41 Å². The summed E-state index contributed by atoms with van der Waals surface area (Å²) in [7, 11) is -3.64. The fourth-order valence-corrected chi connectivity index (χ4v) is 4.45. The predicted octanol–water partition coefficient (Wildman–Crippen LogP) is 2.94. The van der Waals surface area contributed by atoms with E-state index < -0.39 is 21.4 Å². The number of nitrogens with zero attached hydrogens (tertiary/aromatic N) is 1. The molecular formula is C19H27NO5S. The molecule has 1 aliphatic heterocycles. The van der Waals surface area contributed by atoms with Gasteiger partial charge in [0.2, 0.25) is 10.0 Å². The highest BCUT2D eigenvalue weighted by Crippen LogP contribution is 2.25. The van der Waals surface area contributed by atoms with Gasteiger partial charge in [-0.1, -0.05) is 33.3 Å². The Morgan fingerprint density at radius 1 is 1.12 bits per heavy atom. The molecule has 1 aromatic rings. The monoisotopic (exact) mass is 381 g/mol. The molecule has 0 bridgehead atoms. The van der Waals surface area contributed by atoms with Gasteiger partial charge in [0.25, 0.3) is 0 Å². The van der Waals surface area contributed by atoms with Crippen LogP contribution in [0.15, 0.2) is 23.1 Å². The van der Waals surface area contributed by atoms with Gasteiger partial charge in [-0.3, -0.25) is 4.79 Å². The van der Waals surface area contributed by atoms with Crippen LogP contribution in [0.2, 0.25) is 0 Å². The fourth-order valence-electron chi connectivity index (χ4n) is 2.68. The van der Waals surface area contributed by atoms with Crippen molar-refractivity contribution in [2.45, 2.75) is 51.9 Å². The highest BCUT2D eigenvalue weighted by Gasteiger charge is 2.28. The predicted molar refractivity (Wildman–Crippen MR) is 98.5 cm³/mol. The van der Waals surface area contributed by atoms with Crippen LogP contribution in [0.25, 0.3) is 0 Å². The molecule has 0 unspecified atom stereocenters. The van der Waals surface area contributed by atoms with Gasteiger partial charge in [0, 0.05) is 18.5 Å². The molecule has 0 aliphatic carbocycles. The van der Waals surface area contributed by atoms with Crippen LogP contribution in [0.5, 0.6) is 0 Å². The highest BCUT2D eigenvalue weighted by molar-refractivity contribution is 7.89. The smallest absolute Gasteiger partial charge is 0.338 e. The minimum Gasteiger partial charge on any atom is -0.454 e. The molecule has 144 valence electrons. The average molecular weight is 381 g/mol. The molecule has 0 amide bonds. The van der Waals surface area contributed by atoms with E-state index >= 15 is 0 Å². The lowest BCUT2D eigenvalue weighted by Gasteiger charge is -2.26. The van der Waals surface area contributed by atoms with E-state index in [-0.39, 0.29) is 22.8 Å². The Morgan fingerprint density at radius 3 is 2.31 bits per heavy atom. The standard InChI is InChI=1S/C19H27NO5S/c1-14-8-9-15(18(22)25-13-17(21)19(2,3)4)12-16(14)26(23,24)20-10-6-5-7-11-20/h8-9,12H,5-7,10-11,13H2,1-4H3. The lowest BCUT2D eigenvalue weighted by molar-refractivity contribution is -0.129. The Hall–Kier alpha value is -1.73. The average Bonchev–Trinajstić information content (AvgIpc) is 2.59. The molecule has 0 aromatic heterocycles. The minimum atomic E-state index is -3.64. The topological polar surface area (TPSA) is 80.8 Å². The summed E-state index contributed by atoms with van der Waals surface area (Å²) in [5.74, 6) is -0.892. The molecule has 0 N–H and O–H groups in total. The molecule has 7 heteroatoms. The van der Waals surface area contributed by atoms with Gasteiger partial charge in [0.15, 0.2) is 12.4 Å². The van der Waals surface area contributed by atoms with Gasteiger partial charge in [-0.2, -0.15) is 4.31 Å². The summed E-state index contributed by atoms with van der Waals surface area (Å²) in [5, 5.41) is 0. The fraction of sp³-hybridized carbons (Fsp3) is 0.579. The molecule has 0 atom stereocenters. The molecule has 26 heavy (non-hydrogen) atoms. The zero-order valence-corrected chi connectivity index (χ0v) is 16.7. The van der Waals surface area contributed by atoms with Crippen LogP contribution >= 0.6 is 0 Å². The van der Waals surface area contributed by atoms with Crippen molar-refractivity contribution in [3.8, 4) is 0 Å². The SMILES string of the molecule is Cc1ccc(C(=O)OCC(=O)C(C)(C)C)cc1S(=O)(=O)N1CCCCC1. The van der Waals surface area contributed by atoms with Gasteiger partial charge >= 0.3 is 5.97 Å². The number of hydrogen-bond donors (Lipinski definition) is 0. The molecular weight excluding hydrogens is 354 g/mol. The first kappa shape index (κ1) is 20.6. The van der Waals surface area contributed by atoms with Crippen LogP contribution in [-0.2, 0) is 19.6 Å². The van der Waals surface area contributed by atoms with Crippen molar-refractivity contribution in [3.63, 3.8) is 0 Å². The third kappa shape index (κ3) is 4.71. The Labute approximate surface area is 155 Å². The van der Waals surface area contributed by atoms with E-state index in [0.29, 0.717) is 18.7 Å². The number of carbonyl (C=O) groups is 2. The number of piperidine rings is 1. The number of esters is 1. The normalized spacial score (nSPS) is 16.3. The number of Topliss-reactive ketones (excluding diaryl/α,β-unsaturated/α-hetero) is 1. The second-order valence-corrected chi connectivity index (χ2v) is 9.60. The van der Waals surface area contributed by atoms with E-state index in [2.05, 4.69) is 0 Å². The van der Waals surface area contributed by atoms with E-state index in [1.807, 2.05) is 0 Å². The van der Waals surface area contributed by atoms with Crippen molar-refractivity contribution in [1.29, 1.82) is 0 Å². The maximum Gasteiger partial charge on any atom is 0.338 e. The van der Waals surface area contributed by atoms with Gasteiger partial charge in [-0.05, 0) is 37.5 Å². The van der Waals surface area contributed by atoms with E-state index in [9.17, 15) is 18.0 Å². The van der Waals surface area contributed by atoms with Gasteiger partial charge < -0.3 is 4.74 Å². The van der Waals surface area contributed by atoms with Crippen LogP contribution in [-0.4, -0.2) is 44.2 Å². The molecule has 1 heterocycles. The summed E-state index contributed by atoms with van der Waals surface area (Å²) in [5.41, 5.74) is 0.113. The van der Waals surface area contributed by atoms with Crippen LogP contribution in [0, 0.1) is 12.3 Å². The largest absolute Gasteiger partial charge is 0.454 e. The molecule has 0 radical (unpaired) electrons. The van der Waals surface area contributed by atoms with E-state index in [4.69, 9.17) is 4.74 Å². The lowest BCUT2D eigenvalue weighted by Crippen LogP contribution is -2.36. The number of ether oxygens (including phenoxy) is 1. The number of carbonyl (C=O) groups excluding carboxylic acids is 2. The van der Waals surface area contributed by atoms with Gasteiger partial charge in [-0.15, -0.1) is 0 Å². The van der Waals surface area contributed by atoms with E-state index in [1.54, 1.807) is 33.8 Å². The van der Waals surface area contributed by atoms with E-state index in [0.717, 1.165) is 19.3 Å². The molecule has 6 nitrogen and oxygen atoms in total. The van der Waals surface area contributed by atoms with Crippen LogP contribution in [0.1, 0.15) is 56.0 Å². The second-order valence-electron chi connectivity index (χ2n) is 7.69. The molecule has 2 rings (SSSR count). The van der Waals surface area contributed by atoms with Crippen molar-refractivity contribution in [3.05, 3.63) is 29.3 Å². The molecule has 0 saturated carbocycles. The third-order valence-corrected chi connectivity index (χ3v) is 6.57. The zero-order valence-electron chi connectivity index (χ0n) is 15.9. The van der Waals surface area contributed by atoms with Crippen molar-refractivity contribution < 1.29 is 22.7 Å². The summed E-state index contributed by atoms with van der Waals surface area (Å²) in [4.78, 5) is 24.3. The first-order valence-corrected chi connectivity index (χ1v) is 10.3. The summed E-state index contributed by atoms with van der Waals surface area (Å²) in [6.45, 7) is 7.61. The van der Waals surface area contributed by atoms with Crippen LogP contribution in [0.4, 0.5) is 0 Å². The molecule has 0 spiro atoms. The number of benzene rings is 1. The Morgan fingerprint density at radius 2 is 1.73 bits per heavy atom. The van der Waals surface area contributed by atoms with Gasteiger partial charge in [0.1, 0.15) is 0 Å². The van der Waals surface area contributed by atoms with Gasteiger partial charge in [0.05, 0.1) is 10.5 Å². The maximum absolute atomic E-state index is 12.9. The van der Waals surface area contributed by atoms with Crippen LogP contribution < -0.4 is 0 Å². The first-order chi connectivity index (χ1) is 12.0. The number of aryl methyl sites for hydroxylation is 1. The van der Waals surface area contributed by atoms with Crippen LogP contribution in [0.3, 0.4) is 0 Å². The summed E-state index contributed by atoms with van der Waals surface area (Å²) >= 11 is 0. The number of sulfonamides is 1. The quantitative estimate of drug-likeness (QED) is 0.733. The Bertz CT molecular complexity index is 787. The number of hydrogen-bond acceptors (Lipinski definition) is 5. The molecule has 1 fully saturated rings. The highest BCUT2D eigenvalue weighted by atomic mass is 32.2. The summed E-state index contributed by atoms with van der Waals surface area (Å²) < 4.78 is 32.3. The summed E-state index contributed by atoms with van der Waals surface area (Å²) in [6, 6.07) is 4.47. The number of ketones is 1. The molecule has 1 aromatic carbocycles. The number of rotatable bonds is 5. The first-order valence-electron chi connectivity index (χ1n) is 8.85.